The van der Waals surface area contributed by atoms with E-state index in [9.17, 15) is 9.59 Å². The normalized spacial score (nSPS) is 10.5. The Balaban J connectivity index is 2.81. The first kappa shape index (κ1) is 11.9. The van der Waals surface area contributed by atoms with Crippen LogP contribution >= 0.6 is 15.9 Å². The molecule has 0 amide bonds. The number of esters is 1. The molecule has 1 heterocycles. The van der Waals surface area contributed by atoms with Crippen molar-refractivity contribution in [3.63, 3.8) is 0 Å². The van der Waals surface area contributed by atoms with Crippen LogP contribution in [0.25, 0.3) is 10.9 Å². The molecule has 0 aliphatic rings. The molecule has 88 valence electrons. The number of fused-ring (bicyclic) bond motifs is 1. The highest BCUT2D eigenvalue weighted by molar-refractivity contribution is 9.10. The third-order valence-corrected chi connectivity index (χ3v) is 3.01. The number of carbonyl (C=O) groups excluding carboxylic acids is 1. The Labute approximate surface area is 106 Å². The fraction of sp³-hybridized carbons (Fsp3) is 0.167. The molecular weight excluding hydrogens is 286 g/mol. The highest BCUT2D eigenvalue weighted by atomic mass is 79.9. The number of halogens is 1. The number of aromatic nitrogens is 1. The van der Waals surface area contributed by atoms with Crippen LogP contribution in [0.2, 0.25) is 0 Å². The Morgan fingerprint density at radius 1 is 1.41 bits per heavy atom. The average molecular weight is 296 g/mol. The molecule has 4 nitrogen and oxygen atoms in total. The van der Waals surface area contributed by atoms with Gasteiger partial charge in [0.15, 0.2) is 5.75 Å². The summed E-state index contributed by atoms with van der Waals surface area (Å²) < 4.78 is 7.46. The Morgan fingerprint density at radius 2 is 2.12 bits per heavy atom. The van der Waals surface area contributed by atoms with Crippen LogP contribution in [-0.4, -0.2) is 10.5 Å². The smallest absolute Gasteiger partial charge is 0.308 e. The summed E-state index contributed by atoms with van der Waals surface area (Å²) in [5.74, 6) is -0.456. The molecule has 0 unspecified atom stereocenters. The first-order valence-electron chi connectivity index (χ1n) is 4.97. The number of carbonyl (C=O) groups is 1. The summed E-state index contributed by atoms with van der Waals surface area (Å²) in [6.07, 6.45) is 1.51. The van der Waals surface area contributed by atoms with E-state index in [1.807, 2.05) is 6.07 Å². The maximum atomic E-state index is 12.1. The van der Waals surface area contributed by atoms with Gasteiger partial charge in [0.05, 0.1) is 17.1 Å². The number of nitrogens with zero attached hydrogens (tertiary/aromatic N) is 1. The molecule has 17 heavy (non-hydrogen) atoms. The van der Waals surface area contributed by atoms with Gasteiger partial charge in [-0.05, 0) is 28.1 Å². The lowest BCUT2D eigenvalue weighted by molar-refractivity contribution is -0.131. The third kappa shape index (κ3) is 2.10. The first-order chi connectivity index (χ1) is 8.00. The molecule has 0 spiro atoms. The minimum absolute atomic E-state index is 0.0469. The summed E-state index contributed by atoms with van der Waals surface area (Å²) in [5, 5.41) is 0.514. The number of pyridine rings is 1. The van der Waals surface area contributed by atoms with Crippen molar-refractivity contribution >= 4 is 32.8 Å². The second kappa shape index (κ2) is 4.33. The van der Waals surface area contributed by atoms with Gasteiger partial charge in [-0.2, -0.15) is 0 Å². The number of para-hydroxylation sites is 1. The molecule has 0 atom stereocenters. The molecule has 1 aromatic carbocycles. The van der Waals surface area contributed by atoms with Crippen LogP contribution in [0.3, 0.4) is 0 Å². The van der Waals surface area contributed by atoms with E-state index in [4.69, 9.17) is 4.74 Å². The van der Waals surface area contributed by atoms with Gasteiger partial charge in [0.25, 0.3) is 0 Å². The summed E-state index contributed by atoms with van der Waals surface area (Å²) in [4.78, 5) is 23.0. The number of ether oxygens (including phenoxy) is 1. The largest absolute Gasteiger partial charge is 0.421 e. The molecule has 0 fully saturated rings. The Morgan fingerprint density at radius 3 is 2.76 bits per heavy atom. The summed E-state index contributed by atoms with van der Waals surface area (Å²) in [6, 6.07) is 5.33. The van der Waals surface area contributed by atoms with E-state index in [-0.39, 0.29) is 11.2 Å². The van der Waals surface area contributed by atoms with Crippen molar-refractivity contribution in [2.45, 2.75) is 6.92 Å². The van der Waals surface area contributed by atoms with Crippen molar-refractivity contribution in [3.8, 4) is 5.75 Å². The van der Waals surface area contributed by atoms with Crippen molar-refractivity contribution < 1.29 is 9.53 Å². The van der Waals surface area contributed by atoms with E-state index in [0.717, 1.165) is 9.99 Å². The predicted octanol–water partition coefficient (Wildman–Crippen LogP) is 2.23. The van der Waals surface area contributed by atoms with Gasteiger partial charge < -0.3 is 9.30 Å². The maximum absolute atomic E-state index is 12.1. The van der Waals surface area contributed by atoms with E-state index in [1.54, 1.807) is 23.7 Å². The zero-order valence-corrected chi connectivity index (χ0v) is 10.9. The second-order valence-electron chi connectivity index (χ2n) is 3.66. The molecule has 2 aromatic rings. The zero-order chi connectivity index (χ0) is 12.6. The van der Waals surface area contributed by atoms with E-state index in [0.29, 0.717) is 5.39 Å². The molecule has 2 rings (SSSR count). The minimum Gasteiger partial charge on any atom is -0.421 e. The van der Waals surface area contributed by atoms with Crippen molar-refractivity contribution in [1.29, 1.82) is 0 Å². The van der Waals surface area contributed by atoms with Gasteiger partial charge >= 0.3 is 5.97 Å². The van der Waals surface area contributed by atoms with Crippen LogP contribution in [0.5, 0.6) is 5.75 Å². The fourth-order valence-corrected chi connectivity index (χ4v) is 2.36. The van der Waals surface area contributed by atoms with Gasteiger partial charge in [0, 0.05) is 18.4 Å². The molecule has 0 aliphatic carbocycles. The standard InChI is InChI=1S/C12H10BrNO3/c1-7(15)17-10-6-14(2)11-8(12(10)16)4-3-5-9(11)13/h3-6H,1-2H3. The molecular formula is C12H10BrNO3. The first-order valence-corrected chi connectivity index (χ1v) is 5.76. The highest BCUT2D eigenvalue weighted by Crippen LogP contribution is 2.23. The summed E-state index contributed by atoms with van der Waals surface area (Å²) in [5.41, 5.74) is 0.489. The van der Waals surface area contributed by atoms with Gasteiger partial charge in [-0.1, -0.05) is 6.07 Å². The number of hydrogen-bond donors (Lipinski definition) is 0. The van der Waals surface area contributed by atoms with Gasteiger partial charge in [0.1, 0.15) is 0 Å². The molecule has 0 saturated heterocycles. The minimum atomic E-state index is -0.503. The zero-order valence-electron chi connectivity index (χ0n) is 9.36. The Hall–Kier alpha value is -1.62. The van der Waals surface area contributed by atoms with Crippen molar-refractivity contribution in [1.82, 2.24) is 4.57 Å². The van der Waals surface area contributed by atoms with E-state index >= 15 is 0 Å². The topological polar surface area (TPSA) is 48.3 Å². The van der Waals surface area contributed by atoms with Crippen LogP contribution in [0, 0.1) is 0 Å². The van der Waals surface area contributed by atoms with Crippen LogP contribution in [0.1, 0.15) is 6.92 Å². The van der Waals surface area contributed by atoms with Crippen LogP contribution in [0.4, 0.5) is 0 Å². The Kier molecular flexibility index (Phi) is 3.02. The van der Waals surface area contributed by atoms with Gasteiger partial charge in [-0.15, -0.1) is 0 Å². The summed E-state index contributed by atoms with van der Waals surface area (Å²) in [7, 11) is 1.79. The SMILES string of the molecule is CC(=O)Oc1cn(C)c2c(Br)cccc2c1=O. The van der Waals surface area contributed by atoms with E-state index in [1.165, 1.54) is 13.1 Å². The van der Waals surface area contributed by atoms with E-state index < -0.39 is 5.97 Å². The van der Waals surface area contributed by atoms with Crippen molar-refractivity contribution in [3.05, 3.63) is 39.1 Å². The molecule has 0 N–H and O–H groups in total. The second-order valence-corrected chi connectivity index (χ2v) is 4.52. The molecule has 0 aliphatic heterocycles. The summed E-state index contributed by atoms with van der Waals surface area (Å²) in [6.45, 7) is 1.27. The van der Waals surface area contributed by atoms with Gasteiger partial charge in [-0.3, -0.25) is 9.59 Å². The van der Waals surface area contributed by atoms with Crippen LogP contribution < -0.4 is 10.2 Å². The van der Waals surface area contributed by atoms with Crippen LogP contribution in [0.15, 0.2) is 33.7 Å². The molecule has 0 radical (unpaired) electrons. The monoisotopic (exact) mass is 295 g/mol. The third-order valence-electron chi connectivity index (χ3n) is 2.37. The van der Waals surface area contributed by atoms with Gasteiger partial charge in [0.2, 0.25) is 5.43 Å². The lowest BCUT2D eigenvalue weighted by atomic mass is 10.2. The van der Waals surface area contributed by atoms with Gasteiger partial charge in [-0.25, -0.2) is 0 Å². The van der Waals surface area contributed by atoms with Crippen LogP contribution in [-0.2, 0) is 11.8 Å². The lowest BCUT2D eigenvalue weighted by Crippen LogP contribution is -2.14. The highest BCUT2D eigenvalue weighted by Gasteiger charge is 2.11. The van der Waals surface area contributed by atoms with Crippen molar-refractivity contribution in [2.75, 3.05) is 0 Å². The molecule has 5 heteroatoms. The predicted molar refractivity (Wildman–Crippen MR) is 68.2 cm³/mol. The quantitative estimate of drug-likeness (QED) is 0.758. The average Bonchev–Trinajstić information content (AvgIpc) is 2.24. The molecule has 0 bridgehead atoms. The Bertz CT molecular complexity index is 661. The number of hydrogen-bond acceptors (Lipinski definition) is 3. The van der Waals surface area contributed by atoms with E-state index in [2.05, 4.69) is 15.9 Å². The lowest BCUT2D eigenvalue weighted by Gasteiger charge is -2.09. The number of aryl methyl sites for hydroxylation is 1. The maximum Gasteiger partial charge on any atom is 0.308 e. The summed E-state index contributed by atoms with van der Waals surface area (Å²) >= 11 is 3.39. The fourth-order valence-electron chi connectivity index (χ4n) is 1.72. The molecule has 1 aromatic heterocycles. The number of rotatable bonds is 1. The van der Waals surface area contributed by atoms with Crippen molar-refractivity contribution in [2.24, 2.45) is 7.05 Å². The number of benzene rings is 1. The molecule has 0 saturated carbocycles.